The Labute approximate surface area is 185 Å². The van der Waals surface area contributed by atoms with Gasteiger partial charge in [-0.3, -0.25) is 14.5 Å². The Kier molecular flexibility index (Phi) is 6.71. The summed E-state index contributed by atoms with van der Waals surface area (Å²) in [5.41, 5.74) is 3.09. The fourth-order valence-electron chi connectivity index (χ4n) is 4.43. The summed E-state index contributed by atoms with van der Waals surface area (Å²) in [4.78, 5) is 31.5. The number of hydrogen-bond donors (Lipinski definition) is 0. The number of Topliss-reactive ketones (excluding diaryl/α,β-unsaturated/α-hetero) is 1. The molecule has 1 aliphatic heterocycles. The number of hydrogen-bond acceptors (Lipinski definition) is 4. The Morgan fingerprint density at radius 1 is 0.968 bits per heavy atom. The normalized spacial score (nSPS) is 17.9. The van der Waals surface area contributed by atoms with Crippen molar-refractivity contribution >= 4 is 17.4 Å². The molecule has 0 N–H and O–H groups in total. The number of ketones is 1. The first-order chi connectivity index (χ1) is 15.0. The lowest BCUT2D eigenvalue weighted by Crippen LogP contribution is -2.51. The van der Waals surface area contributed by atoms with E-state index in [2.05, 4.69) is 33.8 Å². The van der Waals surface area contributed by atoms with Gasteiger partial charge in [0.25, 0.3) is 0 Å². The van der Waals surface area contributed by atoms with E-state index in [1.807, 2.05) is 42.5 Å². The fourth-order valence-corrected chi connectivity index (χ4v) is 4.43. The molecule has 0 unspecified atom stereocenters. The van der Waals surface area contributed by atoms with Gasteiger partial charge in [-0.1, -0.05) is 30.3 Å². The number of rotatable bonds is 8. The molecule has 2 aliphatic rings. The standard InChI is InChI=1S/C26H33N3O2/c1-20(23-8-9-23)29(18-22-6-4-3-5-7-22)26(31)19-27-14-16-28(17-15-27)25-12-10-24(11-13-25)21(2)30/h3-7,10-13,20,23H,8-9,14-19H2,1-2H3/t20-/m1/s1. The fraction of sp³-hybridized carbons (Fsp3) is 0.462. The van der Waals surface area contributed by atoms with Gasteiger partial charge in [0.15, 0.2) is 5.78 Å². The van der Waals surface area contributed by atoms with Crippen molar-refractivity contribution < 1.29 is 9.59 Å². The lowest BCUT2D eigenvalue weighted by Gasteiger charge is -2.37. The molecule has 1 saturated heterocycles. The maximum absolute atomic E-state index is 13.3. The smallest absolute Gasteiger partial charge is 0.237 e. The lowest BCUT2D eigenvalue weighted by molar-refractivity contribution is -0.135. The molecule has 4 rings (SSSR count). The Morgan fingerprint density at radius 3 is 2.19 bits per heavy atom. The van der Waals surface area contributed by atoms with E-state index in [1.165, 1.54) is 18.4 Å². The Bertz CT molecular complexity index is 885. The van der Waals surface area contributed by atoms with E-state index >= 15 is 0 Å². The predicted octanol–water partition coefficient (Wildman–Crippen LogP) is 3.84. The van der Waals surface area contributed by atoms with Crippen molar-refractivity contribution in [3.63, 3.8) is 0 Å². The van der Waals surface area contributed by atoms with Gasteiger partial charge in [0.2, 0.25) is 5.91 Å². The maximum atomic E-state index is 13.3. The van der Waals surface area contributed by atoms with Crippen LogP contribution in [0.4, 0.5) is 5.69 Å². The zero-order valence-corrected chi connectivity index (χ0v) is 18.7. The summed E-state index contributed by atoms with van der Waals surface area (Å²) >= 11 is 0. The predicted molar refractivity (Wildman–Crippen MR) is 124 cm³/mol. The molecule has 2 aromatic carbocycles. The number of amides is 1. The van der Waals surface area contributed by atoms with Gasteiger partial charge in [0.05, 0.1) is 6.54 Å². The van der Waals surface area contributed by atoms with E-state index in [9.17, 15) is 9.59 Å². The number of carbonyl (C=O) groups is 2. The topological polar surface area (TPSA) is 43.9 Å². The minimum atomic E-state index is 0.0929. The average Bonchev–Trinajstić information content (AvgIpc) is 3.64. The third kappa shape index (κ3) is 5.53. The Hall–Kier alpha value is -2.66. The second-order valence-electron chi connectivity index (χ2n) is 8.95. The van der Waals surface area contributed by atoms with Gasteiger partial charge >= 0.3 is 0 Å². The van der Waals surface area contributed by atoms with Gasteiger partial charge in [-0.2, -0.15) is 0 Å². The molecule has 0 bridgehead atoms. The summed E-state index contributed by atoms with van der Waals surface area (Å²) in [6.07, 6.45) is 2.47. The van der Waals surface area contributed by atoms with Crippen LogP contribution in [0.15, 0.2) is 54.6 Å². The van der Waals surface area contributed by atoms with Gasteiger partial charge < -0.3 is 9.80 Å². The molecule has 31 heavy (non-hydrogen) atoms. The van der Waals surface area contributed by atoms with Crippen LogP contribution in [0, 0.1) is 5.92 Å². The summed E-state index contributed by atoms with van der Waals surface area (Å²) in [5.74, 6) is 0.986. The van der Waals surface area contributed by atoms with E-state index in [0.29, 0.717) is 25.0 Å². The summed E-state index contributed by atoms with van der Waals surface area (Å²) in [6.45, 7) is 8.51. The largest absolute Gasteiger partial charge is 0.369 e. The van der Waals surface area contributed by atoms with Crippen LogP contribution in [-0.4, -0.2) is 60.3 Å². The van der Waals surface area contributed by atoms with Gasteiger partial charge in [0.1, 0.15) is 0 Å². The molecule has 1 aliphatic carbocycles. The number of nitrogens with zero attached hydrogens (tertiary/aromatic N) is 3. The first-order valence-corrected chi connectivity index (χ1v) is 11.4. The first-order valence-electron chi connectivity index (χ1n) is 11.4. The maximum Gasteiger partial charge on any atom is 0.237 e. The molecule has 1 atom stereocenters. The molecular weight excluding hydrogens is 386 g/mol. The molecule has 2 aromatic rings. The molecule has 5 nitrogen and oxygen atoms in total. The van der Waals surface area contributed by atoms with Crippen molar-refractivity contribution in [3.05, 3.63) is 65.7 Å². The van der Waals surface area contributed by atoms with Crippen LogP contribution in [0.1, 0.15) is 42.6 Å². The van der Waals surface area contributed by atoms with Crippen molar-refractivity contribution in [1.82, 2.24) is 9.80 Å². The highest BCUT2D eigenvalue weighted by atomic mass is 16.2. The molecule has 164 valence electrons. The van der Waals surface area contributed by atoms with Gasteiger partial charge in [-0.15, -0.1) is 0 Å². The minimum absolute atomic E-state index is 0.0929. The van der Waals surface area contributed by atoms with Crippen molar-refractivity contribution in [3.8, 4) is 0 Å². The van der Waals surface area contributed by atoms with E-state index in [0.717, 1.165) is 37.4 Å². The monoisotopic (exact) mass is 419 g/mol. The summed E-state index contributed by atoms with van der Waals surface area (Å²) < 4.78 is 0. The number of carbonyl (C=O) groups excluding carboxylic acids is 2. The number of anilines is 1. The van der Waals surface area contributed by atoms with Gasteiger partial charge in [-0.25, -0.2) is 0 Å². The highest BCUT2D eigenvalue weighted by Crippen LogP contribution is 2.35. The van der Waals surface area contributed by atoms with Crippen molar-refractivity contribution in [2.75, 3.05) is 37.6 Å². The molecule has 5 heteroatoms. The van der Waals surface area contributed by atoms with Crippen molar-refractivity contribution in [2.45, 2.75) is 39.3 Å². The highest BCUT2D eigenvalue weighted by molar-refractivity contribution is 5.94. The quantitative estimate of drug-likeness (QED) is 0.610. The van der Waals surface area contributed by atoms with E-state index < -0.39 is 0 Å². The van der Waals surface area contributed by atoms with E-state index in [1.54, 1.807) is 6.92 Å². The SMILES string of the molecule is CC(=O)c1ccc(N2CCN(CC(=O)N(Cc3ccccc3)[C@H](C)C3CC3)CC2)cc1. The summed E-state index contributed by atoms with van der Waals surface area (Å²) in [6, 6.07) is 18.5. The second-order valence-corrected chi connectivity index (χ2v) is 8.95. The second kappa shape index (κ2) is 9.65. The van der Waals surface area contributed by atoms with Crippen LogP contribution in [0.5, 0.6) is 0 Å². The molecule has 0 aromatic heterocycles. The Morgan fingerprint density at radius 2 is 1.61 bits per heavy atom. The highest BCUT2D eigenvalue weighted by Gasteiger charge is 2.35. The van der Waals surface area contributed by atoms with Crippen LogP contribution < -0.4 is 4.90 Å². The van der Waals surface area contributed by atoms with Gasteiger partial charge in [-0.05, 0) is 62.4 Å². The Balaban J connectivity index is 1.33. The number of piperazine rings is 1. The van der Waals surface area contributed by atoms with Crippen LogP contribution in [0.3, 0.4) is 0 Å². The molecule has 1 amide bonds. The third-order valence-electron chi connectivity index (χ3n) is 6.68. The zero-order chi connectivity index (χ0) is 21.8. The molecule has 0 radical (unpaired) electrons. The molecule has 0 spiro atoms. The summed E-state index contributed by atoms with van der Waals surface area (Å²) in [5, 5.41) is 0. The third-order valence-corrected chi connectivity index (χ3v) is 6.68. The van der Waals surface area contributed by atoms with Crippen molar-refractivity contribution in [1.29, 1.82) is 0 Å². The van der Waals surface area contributed by atoms with Crippen LogP contribution >= 0.6 is 0 Å². The van der Waals surface area contributed by atoms with E-state index in [-0.39, 0.29) is 11.7 Å². The van der Waals surface area contributed by atoms with Gasteiger partial charge in [0, 0.05) is 50.0 Å². The lowest BCUT2D eigenvalue weighted by atomic mass is 10.1. The van der Waals surface area contributed by atoms with Crippen LogP contribution in [-0.2, 0) is 11.3 Å². The molecule has 2 fully saturated rings. The number of benzene rings is 2. The summed E-state index contributed by atoms with van der Waals surface area (Å²) in [7, 11) is 0. The van der Waals surface area contributed by atoms with E-state index in [4.69, 9.17) is 0 Å². The van der Waals surface area contributed by atoms with Crippen LogP contribution in [0.2, 0.25) is 0 Å². The molecule has 1 heterocycles. The average molecular weight is 420 g/mol. The minimum Gasteiger partial charge on any atom is -0.369 e. The van der Waals surface area contributed by atoms with Crippen LogP contribution in [0.25, 0.3) is 0 Å². The first kappa shape index (κ1) is 21.6. The zero-order valence-electron chi connectivity index (χ0n) is 18.7. The molecule has 1 saturated carbocycles. The van der Waals surface area contributed by atoms with Crippen molar-refractivity contribution in [2.24, 2.45) is 5.92 Å². The molecular formula is C26H33N3O2.